The summed E-state index contributed by atoms with van der Waals surface area (Å²) in [5.41, 5.74) is 5.76. The molecule has 0 radical (unpaired) electrons. The number of ether oxygens (including phenoxy) is 4. The second kappa shape index (κ2) is 13.2. The number of fused-ring (bicyclic) bond motifs is 2. The van der Waals surface area contributed by atoms with E-state index in [1.807, 2.05) is 12.1 Å². The van der Waals surface area contributed by atoms with Crippen LogP contribution in [0.5, 0.6) is 23.0 Å². The first-order valence-corrected chi connectivity index (χ1v) is 15.0. The highest BCUT2D eigenvalue weighted by molar-refractivity contribution is 5.61. The lowest BCUT2D eigenvalue weighted by molar-refractivity contribution is 0.173. The van der Waals surface area contributed by atoms with Crippen LogP contribution >= 0.6 is 0 Å². The highest BCUT2D eigenvalue weighted by Gasteiger charge is 2.22. The molecule has 2 aliphatic rings. The number of aromatic nitrogens is 2. The van der Waals surface area contributed by atoms with Crippen LogP contribution in [0.1, 0.15) is 62.0 Å². The van der Waals surface area contributed by atoms with Crippen LogP contribution in [0.2, 0.25) is 0 Å². The maximum Gasteiger partial charge on any atom is 0.231 e. The third-order valence-corrected chi connectivity index (χ3v) is 7.66. The summed E-state index contributed by atoms with van der Waals surface area (Å²) in [5.74, 6) is 4.24. The molecule has 1 aromatic heterocycles. The van der Waals surface area contributed by atoms with Gasteiger partial charge in [-0.25, -0.2) is 4.98 Å². The second-order valence-electron chi connectivity index (χ2n) is 10.8. The summed E-state index contributed by atoms with van der Waals surface area (Å²) in [6.45, 7) is 8.12. The van der Waals surface area contributed by atoms with Gasteiger partial charge < -0.3 is 23.5 Å². The molecule has 7 heteroatoms. The number of nitrogens with zero attached hydrogens (tertiary/aromatic N) is 3. The Labute approximate surface area is 248 Å². The van der Waals surface area contributed by atoms with E-state index in [-0.39, 0.29) is 13.6 Å². The van der Waals surface area contributed by atoms with Crippen LogP contribution in [-0.2, 0) is 26.2 Å². The molecule has 0 bridgehead atoms. The molecular weight excluding hydrogens is 526 g/mol. The summed E-state index contributed by atoms with van der Waals surface area (Å²) in [4.78, 5) is 7.72. The van der Waals surface area contributed by atoms with Crippen molar-refractivity contribution in [2.45, 2.75) is 65.7 Å². The molecule has 2 aliphatic heterocycles. The van der Waals surface area contributed by atoms with Crippen molar-refractivity contribution in [2.75, 3.05) is 13.6 Å². The maximum absolute atomic E-state index is 5.70. The maximum atomic E-state index is 5.70. The van der Waals surface area contributed by atoms with Gasteiger partial charge in [-0.3, -0.25) is 4.90 Å². The van der Waals surface area contributed by atoms with Crippen LogP contribution in [0.3, 0.4) is 0 Å². The predicted molar refractivity (Wildman–Crippen MR) is 165 cm³/mol. The van der Waals surface area contributed by atoms with Crippen molar-refractivity contribution >= 4 is 6.08 Å². The van der Waals surface area contributed by atoms with Crippen LogP contribution in [0.15, 0.2) is 72.8 Å². The summed E-state index contributed by atoms with van der Waals surface area (Å²) in [7, 11) is 0. The lowest BCUT2D eigenvalue weighted by Gasteiger charge is -2.24. The van der Waals surface area contributed by atoms with E-state index in [4.69, 9.17) is 23.9 Å². The van der Waals surface area contributed by atoms with Crippen molar-refractivity contribution in [3.8, 4) is 34.4 Å². The van der Waals surface area contributed by atoms with Gasteiger partial charge >= 0.3 is 0 Å². The van der Waals surface area contributed by atoms with Crippen LogP contribution < -0.4 is 18.9 Å². The van der Waals surface area contributed by atoms with Crippen molar-refractivity contribution in [2.24, 2.45) is 0 Å². The van der Waals surface area contributed by atoms with Crippen molar-refractivity contribution in [3.05, 3.63) is 95.3 Å². The van der Waals surface area contributed by atoms with E-state index in [1.54, 1.807) is 0 Å². The summed E-state index contributed by atoms with van der Waals surface area (Å²) < 4.78 is 25.0. The number of allylic oxidation sites excluding steroid dienone is 1. The standard InChI is InChI=1S/C35H39N3O4/c1-3-5-8-13-29-30(38(18-6-4-2)35(36-29)28-11-9-7-10-12-28)23-37(21-26-14-16-31-33(19-26)41-24-39-31)22-27-15-17-32-34(20-27)42-25-40-32/h7-17,19-20H,3-6,18,21-25H2,1-2H3/b13-8+. The monoisotopic (exact) mass is 565 g/mol. The Morgan fingerprint density at radius 1 is 0.762 bits per heavy atom. The number of hydrogen-bond acceptors (Lipinski definition) is 6. The van der Waals surface area contributed by atoms with Gasteiger partial charge in [0, 0.05) is 31.7 Å². The van der Waals surface area contributed by atoms with E-state index < -0.39 is 0 Å². The van der Waals surface area contributed by atoms with Gasteiger partial charge in [0.05, 0.1) is 11.4 Å². The fourth-order valence-corrected chi connectivity index (χ4v) is 5.51. The van der Waals surface area contributed by atoms with E-state index in [9.17, 15) is 0 Å². The molecule has 4 aromatic rings. The first kappa shape index (κ1) is 27.9. The Balaban J connectivity index is 1.39. The average Bonchev–Trinajstić information content (AvgIpc) is 3.75. The fraction of sp³-hybridized carbons (Fsp3) is 0.343. The fourth-order valence-electron chi connectivity index (χ4n) is 5.51. The second-order valence-corrected chi connectivity index (χ2v) is 10.8. The molecule has 0 unspecified atom stereocenters. The van der Waals surface area contributed by atoms with E-state index in [0.29, 0.717) is 0 Å². The van der Waals surface area contributed by atoms with Crippen LogP contribution in [0.25, 0.3) is 17.5 Å². The molecule has 0 spiro atoms. The normalized spacial score (nSPS) is 13.5. The van der Waals surface area contributed by atoms with Crippen molar-refractivity contribution in [1.29, 1.82) is 0 Å². The molecule has 0 aliphatic carbocycles. The zero-order valence-corrected chi connectivity index (χ0v) is 24.6. The van der Waals surface area contributed by atoms with Gasteiger partial charge in [0.2, 0.25) is 13.6 Å². The third kappa shape index (κ3) is 6.31. The van der Waals surface area contributed by atoms with E-state index in [1.165, 1.54) is 16.8 Å². The van der Waals surface area contributed by atoms with Gasteiger partial charge in [0.25, 0.3) is 0 Å². The van der Waals surface area contributed by atoms with Crippen molar-refractivity contribution in [1.82, 2.24) is 14.5 Å². The smallest absolute Gasteiger partial charge is 0.231 e. The summed E-state index contributed by atoms with van der Waals surface area (Å²) >= 11 is 0. The molecule has 7 nitrogen and oxygen atoms in total. The number of benzene rings is 3. The van der Waals surface area contributed by atoms with Gasteiger partial charge in [-0.05, 0) is 54.3 Å². The minimum atomic E-state index is 0.270. The molecule has 0 saturated heterocycles. The lowest BCUT2D eigenvalue weighted by atomic mass is 10.1. The Kier molecular flexibility index (Phi) is 8.75. The zero-order chi connectivity index (χ0) is 28.7. The summed E-state index contributed by atoms with van der Waals surface area (Å²) in [6.07, 6.45) is 8.81. The lowest BCUT2D eigenvalue weighted by Crippen LogP contribution is -2.24. The van der Waals surface area contributed by atoms with Gasteiger partial charge in [0.15, 0.2) is 23.0 Å². The quantitative estimate of drug-likeness (QED) is 0.165. The average molecular weight is 566 g/mol. The Hall–Kier alpha value is -4.23. The first-order chi connectivity index (χ1) is 20.7. The van der Waals surface area contributed by atoms with Crippen LogP contribution in [0, 0.1) is 0 Å². The molecule has 0 N–H and O–H groups in total. The first-order valence-electron chi connectivity index (χ1n) is 15.0. The van der Waals surface area contributed by atoms with Crippen LogP contribution in [-0.4, -0.2) is 28.0 Å². The molecule has 3 heterocycles. The van der Waals surface area contributed by atoms with Crippen LogP contribution in [0.4, 0.5) is 0 Å². The number of hydrogen-bond donors (Lipinski definition) is 0. The summed E-state index contributed by atoms with van der Waals surface area (Å²) in [5, 5.41) is 0. The van der Waals surface area contributed by atoms with Crippen molar-refractivity contribution < 1.29 is 18.9 Å². The molecule has 0 fully saturated rings. The Morgan fingerprint density at radius 2 is 1.40 bits per heavy atom. The van der Waals surface area contributed by atoms with E-state index in [2.05, 4.69) is 90.1 Å². The number of unbranched alkanes of at least 4 members (excludes halogenated alkanes) is 2. The molecule has 6 rings (SSSR count). The number of imidazole rings is 1. The molecule has 0 amide bonds. The molecule has 3 aromatic carbocycles. The highest BCUT2D eigenvalue weighted by Crippen LogP contribution is 2.35. The molecule has 218 valence electrons. The Bertz CT molecular complexity index is 1470. The minimum absolute atomic E-state index is 0.270. The third-order valence-electron chi connectivity index (χ3n) is 7.66. The SMILES string of the molecule is CCC/C=C/c1nc(-c2ccccc2)n(CCCC)c1CN(Cc1ccc2c(c1)OCO2)Cc1ccc2c(c1)OCO2. The number of rotatable bonds is 13. The van der Waals surface area contributed by atoms with Gasteiger partial charge in [-0.1, -0.05) is 75.2 Å². The minimum Gasteiger partial charge on any atom is -0.454 e. The summed E-state index contributed by atoms with van der Waals surface area (Å²) in [6, 6.07) is 23.0. The van der Waals surface area contributed by atoms with E-state index in [0.717, 1.165) is 91.9 Å². The molecule has 0 atom stereocenters. The van der Waals surface area contributed by atoms with E-state index >= 15 is 0 Å². The molecule has 0 saturated carbocycles. The zero-order valence-electron chi connectivity index (χ0n) is 24.6. The van der Waals surface area contributed by atoms with Gasteiger partial charge in [-0.2, -0.15) is 0 Å². The molecular formula is C35H39N3O4. The Morgan fingerprint density at radius 3 is 2.02 bits per heavy atom. The topological polar surface area (TPSA) is 58.0 Å². The predicted octanol–water partition coefficient (Wildman–Crippen LogP) is 7.82. The highest BCUT2D eigenvalue weighted by atomic mass is 16.7. The van der Waals surface area contributed by atoms with Crippen molar-refractivity contribution in [3.63, 3.8) is 0 Å². The van der Waals surface area contributed by atoms with Gasteiger partial charge in [0.1, 0.15) is 5.82 Å². The molecule has 42 heavy (non-hydrogen) atoms. The largest absolute Gasteiger partial charge is 0.454 e. The van der Waals surface area contributed by atoms with Gasteiger partial charge in [-0.15, -0.1) is 0 Å².